The van der Waals surface area contributed by atoms with Crippen LogP contribution in [0.1, 0.15) is 25.8 Å². The molecule has 1 fully saturated rings. The van der Waals surface area contributed by atoms with Crippen LogP contribution in [0.4, 0.5) is 5.69 Å². The summed E-state index contributed by atoms with van der Waals surface area (Å²) < 4.78 is 5.72. The van der Waals surface area contributed by atoms with Gasteiger partial charge in [-0.2, -0.15) is 11.8 Å². The molecule has 0 saturated carbocycles. The molecule has 3 nitrogen and oxygen atoms in total. The fourth-order valence-electron chi connectivity index (χ4n) is 2.40. The molecule has 0 bridgehead atoms. The molecule has 0 aromatic heterocycles. The minimum Gasteiger partial charge on any atom is -0.497 e. The Morgan fingerprint density at radius 2 is 2.16 bits per heavy atom. The molecule has 2 rings (SSSR count). The fourth-order valence-corrected chi connectivity index (χ4v) is 3.50. The van der Waals surface area contributed by atoms with Crippen LogP contribution in [0, 0.1) is 0 Å². The molecule has 1 aliphatic heterocycles. The van der Waals surface area contributed by atoms with Crippen LogP contribution in [0.25, 0.3) is 0 Å². The Balaban J connectivity index is 2.24. The minimum atomic E-state index is 0.372. The average molecular weight is 280 g/mol. The summed E-state index contributed by atoms with van der Waals surface area (Å²) in [5.41, 5.74) is 8.30. The number of rotatable bonds is 3. The highest BCUT2D eigenvalue weighted by atomic mass is 32.2. The third-order valence-corrected chi connectivity index (χ3v) is 5.06. The second-order valence-electron chi connectivity index (χ2n) is 5.54. The first-order chi connectivity index (χ1) is 9.05. The van der Waals surface area contributed by atoms with E-state index in [0.29, 0.717) is 11.3 Å². The van der Waals surface area contributed by atoms with Crippen LogP contribution < -0.4 is 15.4 Å². The predicted octanol–water partition coefficient (Wildman–Crippen LogP) is 2.88. The van der Waals surface area contributed by atoms with Gasteiger partial charge in [-0.15, -0.1) is 0 Å². The molecule has 1 saturated heterocycles. The number of hydrogen-bond donors (Lipinski definition) is 1. The second kappa shape index (κ2) is 6.06. The molecule has 0 amide bonds. The summed E-state index contributed by atoms with van der Waals surface area (Å²) in [4.78, 5) is 2.45. The highest BCUT2D eigenvalue weighted by Crippen LogP contribution is 2.34. The van der Waals surface area contributed by atoms with E-state index in [1.54, 1.807) is 7.11 Å². The van der Waals surface area contributed by atoms with Crippen molar-refractivity contribution in [2.45, 2.75) is 31.6 Å². The molecule has 0 unspecified atom stereocenters. The maximum atomic E-state index is 5.87. The van der Waals surface area contributed by atoms with Gasteiger partial charge in [-0.3, -0.25) is 0 Å². The zero-order chi connectivity index (χ0) is 13.9. The van der Waals surface area contributed by atoms with Crippen LogP contribution >= 0.6 is 11.8 Å². The number of benzene rings is 1. The Labute approximate surface area is 120 Å². The van der Waals surface area contributed by atoms with Crippen LogP contribution in [0.2, 0.25) is 0 Å². The van der Waals surface area contributed by atoms with E-state index >= 15 is 0 Å². The highest BCUT2D eigenvalue weighted by Gasteiger charge is 2.24. The molecule has 0 atom stereocenters. The first kappa shape index (κ1) is 14.5. The van der Waals surface area contributed by atoms with Crippen LogP contribution in [-0.4, -0.2) is 30.7 Å². The smallest absolute Gasteiger partial charge is 0.120 e. The number of hydrogen-bond acceptors (Lipinski definition) is 4. The third kappa shape index (κ3) is 3.57. The Morgan fingerprint density at radius 1 is 1.37 bits per heavy atom. The Hall–Kier alpha value is -0.870. The zero-order valence-corrected chi connectivity index (χ0v) is 12.9. The maximum absolute atomic E-state index is 5.87. The Bertz CT molecular complexity index is 434. The number of anilines is 1. The molecule has 0 radical (unpaired) electrons. The third-order valence-electron chi connectivity index (χ3n) is 3.69. The largest absolute Gasteiger partial charge is 0.497 e. The van der Waals surface area contributed by atoms with Gasteiger partial charge in [0.1, 0.15) is 5.75 Å². The number of ether oxygens (including phenoxy) is 1. The first-order valence-corrected chi connectivity index (χ1v) is 7.80. The predicted molar refractivity (Wildman–Crippen MR) is 84.3 cm³/mol. The molecule has 4 heteroatoms. The van der Waals surface area contributed by atoms with Crippen molar-refractivity contribution in [2.24, 2.45) is 5.73 Å². The summed E-state index contributed by atoms with van der Waals surface area (Å²) in [5.74, 6) is 2.07. The van der Waals surface area contributed by atoms with Gasteiger partial charge in [0.05, 0.1) is 7.11 Å². The van der Waals surface area contributed by atoms with Crippen molar-refractivity contribution >= 4 is 17.4 Å². The van der Waals surface area contributed by atoms with Crippen molar-refractivity contribution < 1.29 is 4.74 Å². The molecular formula is C15H24N2OS. The summed E-state index contributed by atoms with van der Waals surface area (Å²) in [6.45, 7) is 7.40. The van der Waals surface area contributed by atoms with Crippen molar-refractivity contribution in [2.75, 3.05) is 30.9 Å². The van der Waals surface area contributed by atoms with Crippen molar-refractivity contribution in [1.29, 1.82) is 0 Å². The number of thioether (sulfide) groups is 1. The molecule has 106 valence electrons. The molecule has 1 aromatic rings. The van der Waals surface area contributed by atoms with E-state index in [0.717, 1.165) is 24.6 Å². The normalized spacial score (nSPS) is 19.1. The summed E-state index contributed by atoms with van der Waals surface area (Å²) >= 11 is 2.06. The minimum absolute atomic E-state index is 0.372. The Kier molecular flexibility index (Phi) is 4.63. The van der Waals surface area contributed by atoms with Gasteiger partial charge in [0.15, 0.2) is 0 Å². The lowest BCUT2D eigenvalue weighted by atomic mass is 10.1. The van der Waals surface area contributed by atoms with Gasteiger partial charge in [0.2, 0.25) is 0 Å². The van der Waals surface area contributed by atoms with Gasteiger partial charge in [-0.1, -0.05) is 19.9 Å². The van der Waals surface area contributed by atoms with Crippen LogP contribution in [0.15, 0.2) is 18.2 Å². The SMILES string of the molecule is COc1ccc(CN)c(N2CCSC(C)(C)CC2)c1. The summed E-state index contributed by atoms with van der Waals surface area (Å²) in [7, 11) is 1.71. The van der Waals surface area contributed by atoms with Crippen molar-refractivity contribution in [1.82, 2.24) is 0 Å². The molecule has 19 heavy (non-hydrogen) atoms. The maximum Gasteiger partial charge on any atom is 0.120 e. The topological polar surface area (TPSA) is 38.5 Å². The number of nitrogens with two attached hydrogens (primary N) is 1. The first-order valence-electron chi connectivity index (χ1n) is 6.81. The van der Waals surface area contributed by atoms with Crippen LogP contribution in [0.5, 0.6) is 5.75 Å². The summed E-state index contributed by atoms with van der Waals surface area (Å²) in [6.07, 6.45) is 1.19. The van der Waals surface area contributed by atoms with Crippen LogP contribution in [0.3, 0.4) is 0 Å². The second-order valence-corrected chi connectivity index (χ2v) is 7.35. The van der Waals surface area contributed by atoms with Crippen molar-refractivity contribution in [3.05, 3.63) is 23.8 Å². The molecule has 0 spiro atoms. The van der Waals surface area contributed by atoms with Gasteiger partial charge >= 0.3 is 0 Å². The number of methoxy groups -OCH3 is 1. The lowest BCUT2D eigenvalue weighted by Crippen LogP contribution is -2.28. The zero-order valence-electron chi connectivity index (χ0n) is 12.1. The quantitative estimate of drug-likeness (QED) is 0.924. The Morgan fingerprint density at radius 3 is 2.84 bits per heavy atom. The fraction of sp³-hybridized carbons (Fsp3) is 0.600. The van der Waals surface area contributed by atoms with E-state index in [9.17, 15) is 0 Å². The monoisotopic (exact) mass is 280 g/mol. The van der Waals surface area contributed by atoms with Gasteiger partial charge in [0, 0.05) is 41.9 Å². The van der Waals surface area contributed by atoms with E-state index in [4.69, 9.17) is 10.5 Å². The van der Waals surface area contributed by atoms with Crippen molar-refractivity contribution in [3.8, 4) is 5.75 Å². The summed E-state index contributed by atoms with van der Waals surface area (Å²) in [5, 5.41) is 0. The van der Waals surface area contributed by atoms with Crippen molar-refractivity contribution in [3.63, 3.8) is 0 Å². The standard InChI is InChI=1S/C15H24N2OS/c1-15(2)6-7-17(8-9-19-15)14-10-13(18-3)5-4-12(14)11-16/h4-5,10H,6-9,11,16H2,1-3H3. The van der Waals surface area contributed by atoms with E-state index < -0.39 is 0 Å². The molecule has 0 aliphatic carbocycles. The van der Waals surface area contributed by atoms with E-state index in [1.165, 1.54) is 17.7 Å². The summed E-state index contributed by atoms with van der Waals surface area (Å²) in [6, 6.07) is 6.19. The van der Waals surface area contributed by atoms with Gasteiger partial charge in [-0.05, 0) is 18.1 Å². The van der Waals surface area contributed by atoms with E-state index in [-0.39, 0.29) is 0 Å². The lowest BCUT2D eigenvalue weighted by molar-refractivity contribution is 0.414. The van der Waals surface area contributed by atoms with Gasteiger partial charge in [0.25, 0.3) is 0 Å². The van der Waals surface area contributed by atoms with Gasteiger partial charge in [-0.25, -0.2) is 0 Å². The van der Waals surface area contributed by atoms with E-state index in [2.05, 4.69) is 42.6 Å². The van der Waals surface area contributed by atoms with E-state index in [1.807, 2.05) is 6.07 Å². The van der Waals surface area contributed by atoms with Gasteiger partial charge < -0.3 is 15.4 Å². The molecule has 1 aliphatic rings. The molecule has 1 heterocycles. The average Bonchev–Trinajstić information content (AvgIpc) is 2.59. The molecule has 2 N–H and O–H groups in total. The molecular weight excluding hydrogens is 256 g/mol. The van der Waals surface area contributed by atoms with Crippen LogP contribution in [-0.2, 0) is 6.54 Å². The number of nitrogens with zero attached hydrogens (tertiary/aromatic N) is 1. The molecule has 1 aromatic carbocycles. The highest BCUT2D eigenvalue weighted by molar-refractivity contribution is 8.00. The lowest BCUT2D eigenvalue weighted by Gasteiger charge is -2.26.